The Morgan fingerprint density at radius 2 is 1.72 bits per heavy atom. The molecule has 8 heteroatoms. The van der Waals surface area contributed by atoms with Gasteiger partial charge < -0.3 is 10.0 Å². The van der Waals surface area contributed by atoms with Gasteiger partial charge in [0, 0.05) is 51.8 Å². The van der Waals surface area contributed by atoms with Gasteiger partial charge in [0.2, 0.25) is 15.9 Å². The number of aliphatic hydroxyl groups excluding tert-OH is 1. The van der Waals surface area contributed by atoms with Gasteiger partial charge in [-0.1, -0.05) is 17.7 Å². The van der Waals surface area contributed by atoms with Crippen LogP contribution in [0.15, 0.2) is 29.2 Å². The molecule has 0 aliphatic carbocycles. The molecule has 2 aliphatic heterocycles. The van der Waals surface area contributed by atoms with Gasteiger partial charge in [0.1, 0.15) is 0 Å². The molecule has 0 radical (unpaired) electrons. The molecule has 2 fully saturated rings. The fraction of sp³-hybridized carbons (Fsp3) is 0.588. The van der Waals surface area contributed by atoms with E-state index in [1.54, 1.807) is 29.2 Å². The third kappa shape index (κ3) is 4.03. The third-order valence-electron chi connectivity index (χ3n) is 4.92. The normalized spacial score (nSPS) is 20.5. The van der Waals surface area contributed by atoms with E-state index in [0.717, 1.165) is 5.56 Å². The fourth-order valence-corrected chi connectivity index (χ4v) is 4.59. The molecule has 1 amide bonds. The summed E-state index contributed by atoms with van der Waals surface area (Å²) in [6.07, 6.45) is 0. The number of carbonyl (C=O) groups excluding carboxylic acids is 1. The van der Waals surface area contributed by atoms with Crippen molar-refractivity contribution in [3.8, 4) is 0 Å². The first-order valence-electron chi connectivity index (χ1n) is 8.58. The maximum Gasteiger partial charge on any atom is 0.243 e. The molecule has 138 valence electrons. The second kappa shape index (κ2) is 7.41. The number of aryl methyl sites for hydroxylation is 1. The second-order valence-corrected chi connectivity index (χ2v) is 8.78. The smallest absolute Gasteiger partial charge is 0.243 e. The molecule has 0 spiro atoms. The molecule has 0 saturated carbocycles. The molecule has 1 aromatic rings. The molecule has 25 heavy (non-hydrogen) atoms. The van der Waals surface area contributed by atoms with Crippen LogP contribution < -0.4 is 0 Å². The van der Waals surface area contributed by atoms with Crippen LogP contribution in [0.25, 0.3) is 0 Å². The van der Waals surface area contributed by atoms with Crippen molar-refractivity contribution in [1.82, 2.24) is 14.1 Å². The Morgan fingerprint density at radius 3 is 2.28 bits per heavy atom. The van der Waals surface area contributed by atoms with Gasteiger partial charge in [-0.25, -0.2) is 8.42 Å². The van der Waals surface area contributed by atoms with Crippen molar-refractivity contribution < 1.29 is 18.3 Å². The molecule has 7 nitrogen and oxygen atoms in total. The topological polar surface area (TPSA) is 81.2 Å². The summed E-state index contributed by atoms with van der Waals surface area (Å²) in [6.45, 7) is 5.49. The van der Waals surface area contributed by atoms with Crippen molar-refractivity contribution >= 4 is 15.9 Å². The lowest BCUT2D eigenvalue weighted by atomic mass is 10.0. The van der Waals surface area contributed by atoms with Crippen molar-refractivity contribution in [2.45, 2.75) is 11.8 Å². The molecule has 2 aliphatic rings. The summed E-state index contributed by atoms with van der Waals surface area (Å²) in [5, 5.41) is 9.01. The minimum Gasteiger partial charge on any atom is -0.396 e. The number of hydrogen-bond donors (Lipinski definition) is 1. The first-order chi connectivity index (χ1) is 11.9. The average Bonchev–Trinajstić information content (AvgIpc) is 2.55. The second-order valence-electron chi connectivity index (χ2n) is 6.84. The zero-order chi connectivity index (χ0) is 18.0. The first-order valence-corrected chi connectivity index (χ1v) is 10.0. The number of amides is 1. The predicted octanol–water partition coefficient (Wildman–Crippen LogP) is -0.248. The quantitative estimate of drug-likeness (QED) is 0.776. The third-order valence-corrected chi connectivity index (χ3v) is 6.83. The van der Waals surface area contributed by atoms with Crippen LogP contribution in [0.5, 0.6) is 0 Å². The standard InChI is InChI=1S/C17H25N3O4S/c1-14-2-4-16(5-3-14)25(23,24)20-8-6-18(7-9-20)12-17(22)19-10-15(11-19)13-21/h2-5,15,21H,6-13H2,1H3. The van der Waals surface area contributed by atoms with Crippen molar-refractivity contribution in [2.75, 3.05) is 52.4 Å². The van der Waals surface area contributed by atoms with Crippen LogP contribution in [0.1, 0.15) is 5.56 Å². The number of carbonyl (C=O) groups is 1. The van der Waals surface area contributed by atoms with Crippen molar-refractivity contribution in [3.63, 3.8) is 0 Å². The number of benzene rings is 1. The highest BCUT2D eigenvalue weighted by Crippen LogP contribution is 2.19. The highest BCUT2D eigenvalue weighted by Gasteiger charge is 2.33. The van der Waals surface area contributed by atoms with Gasteiger partial charge in [-0.15, -0.1) is 0 Å². The Kier molecular flexibility index (Phi) is 5.43. The Balaban J connectivity index is 1.51. The van der Waals surface area contributed by atoms with Gasteiger partial charge in [-0.05, 0) is 19.1 Å². The summed E-state index contributed by atoms with van der Waals surface area (Å²) < 4.78 is 26.8. The van der Waals surface area contributed by atoms with E-state index in [0.29, 0.717) is 50.7 Å². The number of rotatable bonds is 5. The van der Waals surface area contributed by atoms with E-state index < -0.39 is 10.0 Å². The molecule has 1 N–H and O–H groups in total. The van der Waals surface area contributed by atoms with Crippen LogP contribution in [0, 0.1) is 12.8 Å². The lowest BCUT2D eigenvalue weighted by molar-refractivity contribution is -0.139. The van der Waals surface area contributed by atoms with Crippen LogP contribution in [0.3, 0.4) is 0 Å². The summed E-state index contributed by atoms with van der Waals surface area (Å²) in [6, 6.07) is 6.88. The Hall–Kier alpha value is -1.48. The van der Waals surface area contributed by atoms with Crippen molar-refractivity contribution in [2.24, 2.45) is 5.92 Å². The highest BCUT2D eigenvalue weighted by molar-refractivity contribution is 7.89. The van der Waals surface area contributed by atoms with Gasteiger partial charge in [0.05, 0.1) is 11.4 Å². The Bertz CT molecular complexity index is 706. The zero-order valence-corrected chi connectivity index (χ0v) is 15.3. The molecule has 0 aromatic heterocycles. The molecule has 2 heterocycles. The van der Waals surface area contributed by atoms with Crippen LogP contribution in [-0.4, -0.2) is 86.0 Å². The Labute approximate surface area is 148 Å². The summed E-state index contributed by atoms with van der Waals surface area (Å²) in [4.78, 5) is 16.2. The Morgan fingerprint density at radius 1 is 1.12 bits per heavy atom. The average molecular weight is 367 g/mol. The van der Waals surface area contributed by atoms with E-state index in [4.69, 9.17) is 5.11 Å². The SMILES string of the molecule is Cc1ccc(S(=O)(=O)N2CCN(CC(=O)N3CC(CO)C3)CC2)cc1. The highest BCUT2D eigenvalue weighted by atomic mass is 32.2. The largest absolute Gasteiger partial charge is 0.396 e. The van der Waals surface area contributed by atoms with E-state index in [1.165, 1.54) is 4.31 Å². The molecule has 3 rings (SSSR count). The molecular weight excluding hydrogens is 342 g/mol. The maximum atomic E-state index is 12.7. The molecule has 2 saturated heterocycles. The lowest BCUT2D eigenvalue weighted by Crippen LogP contribution is -2.56. The number of nitrogens with zero attached hydrogens (tertiary/aromatic N) is 3. The van der Waals surface area contributed by atoms with E-state index in [9.17, 15) is 13.2 Å². The lowest BCUT2D eigenvalue weighted by Gasteiger charge is -2.40. The zero-order valence-electron chi connectivity index (χ0n) is 14.5. The maximum absolute atomic E-state index is 12.7. The van der Waals surface area contributed by atoms with E-state index in [-0.39, 0.29) is 18.4 Å². The monoisotopic (exact) mass is 367 g/mol. The van der Waals surface area contributed by atoms with E-state index in [2.05, 4.69) is 0 Å². The van der Waals surface area contributed by atoms with Gasteiger partial charge in [0.15, 0.2) is 0 Å². The number of hydrogen-bond acceptors (Lipinski definition) is 5. The predicted molar refractivity (Wildman–Crippen MR) is 93.5 cm³/mol. The van der Waals surface area contributed by atoms with Crippen molar-refractivity contribution in [1.29, 1.82) is 0 Å². The van der Waals surface area contributed by atoms with E-state index >= 15 is 0 Å². The minimum absolute atomic E-state index is 0.0551. The summed E-state index contributed by atoms with van der Waals surface area (Å²) in [5.74, 6) is 0.264. The van der Waals surface area contributed by atoms with Gasteiger partial charge in [-0.2, -0.15) is 4.31 Å². The van der Waals surface area contributed by atoms with Gasteiger partial charge >= 0.3 is 0 Å². The van der Waals surface area contributed by atoms with Gasteiger partial charge in [0.25, 0.3) is 0 Å². The first kappa shape index (κ1) is 18.3. The van der Waals surface area contributed by atoms with E-state index in [1.807, 2.05) is 11.8 Å². The number of aliphatic hydroxyl groups is 1. The fourth-order valence-electron chi connectivity index (χ4n) is 3.17. The van der Waals surface area contributed by atoms with Crippen LogP contribution in [0.4, 0.5) is 0 Å². The summed E-state index contributed by atoms with van der Waals surface area (Å²) >= 11 is 0. The van der Waals surface area contributed by atoms with Crippen LogP contribution >= 0.6 is 0 Å². The minimum atomic E-state index is -3.47. The molecule has 0 atom stereocenters. The van der Waals surface area contributed by atoms with Crippen LogP contribution in [-0.2, 0) is 14.8 Å². The molecule has 0 bridgehead atoms. The number of piperazine rings is 1. The molecule has 1 aromatic carbocycles. The summed E-state index contributed by atoms with van der Waals surface area (Å²) in [5.41, 5.74) is 1.02. The molecular formula is C17H25N3O4S. The van der Waals surface area contributed by atoms with Crippen LogP contribution in [0.2, 0.25) is 0 Å². The summed E-state index contributed by atoms with van der Waals surface area (Å²) in [7, 11) is -3.47. The van der Waals surface area contributed by atoms with Gasteiger partial charge in [-0.3, -0.25) is 9.69 Å². The molecule has 0 unspecified atom stereocenters. The van der Waals surface area contributed by atoms with Crippen molar-refractivity contribution in [3.05, 3.63) is 29.8 Å². The number of sulfonamides is 1. The number of likely N-dealkylation sites (tertiary alicyclic amines) is 1.